The zero-order valence-electron chi connectivity index (χ0n) is 15.1. The van der Waals surface area contributed by atoms with Gasteiger partial charge in [0.2, 0.25) is 5.91 Å². The number of pyridine rings is 1. The molecule has 1 fully saturated rings. The highest BCUT2D eigenvalue weighted by atomic mass is 16.2. The van der Waals surface area contributed by atoms with Crippen molar-refractivity contribution in [1.82, 2.24) is 4.98 Å². The molecule has 1 aliphatic rings. The lowest BCUT2D eigenvalue weighted by molar-refractivity contribution is -0.117. The third-order valence-corrected chi connectivity index (χ3v) is 4.90. The SMILES string of the molecule is Cc1ccc2nccc(NC(C)c3ccc(NC(=O)C4CC4)cc3)c2c1. The topological polar surface area (TPSA) is 54.0 Å². The van der Waals surface area contributed by atoms with Crippen LogP contribution in [-0.4, -0.2) is 10.9 Å². The first-order valence-electron chi connectivity index (χ1n) is 9.13. The van der Waals surface area contributed by atoms with Crippen LogP contribution in [0.1, 0.15) is 36.9 Å². The summed E-state index contributed by atoms with van der Waals surface area (Å²) >= 11 is 0. The molecule has 1 aliphatic carbocycles. The quantitative estimate of drug-likeness (QED) is 0.679. The Labute approximate surface area is 153 Å². The van der Waals surface area contributed by atoms with E-state index in [1.807, 2.05) is 24.4 Å². The van der Waals surface area contributed by atoms with E-state index in [0.29, 0.717) is 0 Å². The molecule has 4 nitrogen and oxygen atoms in total. The van der Waals surface area contributed by atoms with Crippen LogP contribution in [-0.2, 0) is 4.79 Å². The summed E-state index contributed by atoms with van der Waals surface area (Å²) in [6.07, 6.45) is 3.87. The number of rotatable bonds is 5. The van der Waals surface area contributed by atoms with Crippen LogP contribution in [0, 0.1) is 12.8 Å². The number of aromatic nitrogens is 1. The Morgan fingerprint density at radius 1 is 1.12 bits per heavy atom. The summed E-state index contributed by atoms with van der Waals surface area (Å²) in [5.74, 6) is 0.362. The zero-order chi connectivity index (χ0) is 18.1. The standard InChI is InChI=1S/C22H23N3O/c1-14-3-10-20-19(13-14)21(11-12-23-20)24-15(2)16-6-8-18(9-7-16)25-22(26)17-4-5-17/h3,6-13,15,17H,4-5H2,1-2H3,(H,23,24)(H,25,26). The van der Waals surface area contributed by atoms with Crippen molar-refractivity contribution in [1.29, 1.82) is 0 Å². The second-order valence-electron chi connectivity index (χ2n) is 7.13. The molecule has 0 spiro atoms. The van der Waals surface area contributed by atoms with Gasteiger partial charge in [-0.25, -0.2) is 0 Å². The molecule has 2 aromatic carbocycles. The molecule has 1 saturated carbocycles. The van der Waals surface area contributed by atoms with Crippen LogP contribution in [0.25, 0.3) is 10.9 Å². The van der Waals surface area contributed by atoms with Gasteiger partial charge in [0, 0.05) is 34.9 Å². The molecule has 1 aromatic heterocycles. The maximum absolute atomic E-state index is 11.9. The predicted molar refractivity (Wildman–Crippen MR) is 106 cm³/mol. The van der Waals surface area contributed by atoms with Gasteiger partial charge in [-0.3, -0.25) is 9.78 Å². The van der Waals surface area contributed by atoms with Crippen LogP contribution >= 0.6 is 0 Å². The third kappa shape index (κ3) is 3.54. The van der Waals surface area contributed by atoms with Gasteiger partial charge in [0.1, 0.15) is 0 Å². The largest absolute Gasteiger partial charge is 0.378 e. The highest BCUT2D eigenvalue weighted by Gasteiger charge is 2.29. The summed E-state index contributed by atoms with van der Waals surface area (Å²) in [4.78, 5) is 16.3. The minimum absolute atomic E-state index is 0.141. The summed E-state index contributed by atoms with van der Waals surface area (Å²) in [6.45, 7) is 4.23. The number of aryl methyl sites for hydroxylation is 1. The lowest BCUT2D eigenvalue weighted by Crippen LogP contribution is -2.13. The van der Waals surface area contributed by atoms with E-state index in [4.69, 9.17) is 0 Å². The van der Waals surface area contributed by atoms with Crippen LogP contribution in [0.15, 0.2) is 54.7 Å². The number of carbonyl (C=O) groups excluding carboxylic acids is 1. The van der Waals surface area contributed by atoms with Crippen molar-refractivity contribution < 1.29 is 4.79 Å². The molecule has 132 valence electrons. The maximum atomic E-state index is 11.9. The number of amides is 1. The fourth-order valence-electron chi connectivity index (χ4n) is 3.15. The van der Waals surface area contributed by atoms with Crippen LogP contribution in [0.5, 0.6) is 0 Å². The van der Waals surface area contributed by atoms with Crippen molar-refractivity contribution in [3.05, 3.63) is 65.9 Å². The smallest absolute Gasteiger partial charge is 0.227 e. The Kier molecular flexibility index (Phi) is 4.33. The van der Waals surface area contributed by atoms with Gasteiger partial charge < -0.3 is 10.6 Å². The first kappa shape index (κ1) is 16.6. The molecule has 2 N–H and O–H groups in total. The molecule has 1 amide bonds. The van der Waals surface area contributed by atoms with E-state index in [9.17, 15) is 4.79 Å². The number of benzene rings is 2. The number of hydrogen-bond donors (Lipinski definition) is 2. The average molecular weight is 345 g/mol. The molecular weight excluding hydrogens is 322 g/mol. The fourth-order valence-corrected chi connectivity index (χ4v) is 3.15. The van der Waals surface area contributed by atoms with Crippen LogP contribution < -0.4 is 10.6 Å². The molecular formula is C22H23N3O. The van der Waals surface area contributed by atoms with Gasteiger partial charge in [0.05, 0.1) is 5.52 Å². The minimum atomic E-state index is 0.141. The maximum Gasteiger partial charge on any atom is 0.227 e. The van der Waals surface area contributed by atoms with Gasteiger partial charge in [-0.1, -0.05) is 23.8 Å². The van der Waals surface area contributed by atoms with Crippen molar-refractivity contribution in [2.75, 3.05) is 10.6 Å². The summed E-state index contributed by atoms with van der Waals surface area (Å²) in [6, 6.07) is 16.5. The van der Waals surface area contributed by atoms with Gasteiger partial charge in [-0.15, -0.1) is 0 Å². The van der Waals surface area contributed by atoms with Gasteiger partial charge in [0.25, 0.3) is 0 Å². The van der Waals surface area contributed by atoms with Crippen molar-refractivity contribution in [3.63, 3.8) is 0 Å². The predicted octanol–water partition coefficient (Wildman–Crippen LogP) is 5.06. The van der Waals surface area contributed by atoms with E-state index in [1.54, 1.807) is 0 Å². The van der Waals surface area contributed by atoms with Crippen molar-refractivity contribution in [2.45, 2.75) is 32.7 Å². The highest BCUT2D eigenvalue weighted by molar-refractivity contribution is 5.94. The van der Waals surface area contributed by atoms with Crippen LogP contribution in [0.2, 0.25) is 0 Å². The average Bonchev–Trinajstić information content (AvgIpc) is 3.48. The molecule has 3 aromatic rings. The first-order valence-corrected chi connectivity index (χ1v) is 9.13. The molecule has 0 aliphatic heterocycles. The van der Waals surface area contributed by atoms with Gasteiger partial charge in [-0.2, -0.15) is 0 Å². The highest BCUT2D eigenvalue weighted by Crippen LogP contribution is 2.31. The first-order chi connectivity index (χ1) is 12.6. The Morgan fingerprint density at radius 3 is 2.62 bits per heavy atom. The lowest BCUT2D eigenvalue weighted by atomic mass is 10.1. The van der Waals surface area contributed by atoms with E-state index < -0.39 is 0 Å². The Hall–Kier alpha value is -2.88. The molecule has 0 radical (unpaired) electrons. The zero-order valence-corrected chi connectivity index (χ0v) is 15.1. The number of fused-ring (bicyclic) bond motifs is 1. The van der Waals surface area contributed by atoms with E-state index >= 15 is 0 Å². The summed E-state index contributed by atoms with van der Waals surface area (Å²) in [5.41, 5.74) is 5.33. The number of nitrogens with one attached hydrogen (secondary N) is 2. The van der Waals surface area contributed by atoms with E-state index in [1.165, 1.54) is 11.1 Å². The number of nitrogens with zero attached hydrogens (tertiary/aromatic N) is 1. The normalized spacial score (nSPS) is 14.8. The van der Waals surface area contributed by atoms with Crippen molar-refractivity contribution in [2.24, 2.45) is 5.92 Å². The molecule has 26 heavy (non-hydrogen) atoms. The van der Waals surface area contributed by atoms with Crippen LogP contribution in [0.3, 0.4) is 0 Å². The van der Waals surface area contributed by atoms with Gasteiger partial charge in [-0.05, 0) is 62.6 Å². The molecule has 1 heterocycles. The molecule has 1 atom stereocenters. The minimum Gasteiger partial charge on any atom is -0.378 e. The second kappa shape index (κ2) is 6.79. The molecule has 4 heteroatoms. The number of carbonyl (C=O) groups is 1. The summed E-state index contributed by atoms with van der Waals surface area (Å²) in [7, 11) is 0. The number of anilines is 2. The van der Waals surface area contributed by atoms with Crippen molar-refractivity contribution in [3.8, 4) is 0 Å². The lowest BCUT2D eigenvalue weighted by Gasteiger charge is -2.18. The van der Waals surface area contributed by atoms with Gasteiger partial charge >= 0.3 is 0 Å². The molecule has 4 rings (SSSR count). The Balaban J connectivity index is 1.50. The monoisotopic (exact) mass is 345 g/mol. The molecule has 1 unspecified atom stereocenters. The fraction of sp³-hybridized carbons (Fsp3) is 0.273. The van der Waals surface area contributed by atoms with Crippen LogP contribution in [0.4, 0.5) is 11.4 Å². The Bertz CT molecular complexity index is 945. The molecule has 0 bridgehead atoms. The van der Waals surface area contributed by atoms with E-state index in [0.717, 1.165) is 35.1 Å². The third-order valence-electron chi connectivity index (χ3n) is 4.90. The van der Waals surface area contributed by atoms with E-state index in [-0.39, 0.29) is 17.9 Å². The van der Waals surface area contributed by atoms with Crippen molar-refractivity contribution >= 4 is 28.2 Å². The van der Waals surface area contributed by atoms with Gasteiger partial charge in [0.15, 0.2) is 0 Å². The Morgan fingerprint density at radius 2 is 1.88 bits per heavy atom. The summed E-state index contributed by atoms with van der Waals surface area (Å²) < 4.78 is 0. The number of hydrogen-bond acceptors (Lipinski definition) is 3. The molecule has 0 saturated heterocycles. The summed E-state index contributed by atoms with van der Waals surface area (Å²) in [5, 5.41) is 7.70. The second-order valence-corrected chi connectivity index (χ2v) is 7.13. The van der Waals surface area contributed by atoms with E-state index in [2.05, 4.69) is 59.8 Å².